The van der Waals surface area contributed by atoms with Gasteiger partial charge in [0.15, 0.2) is 0 Å². The minimum absolute atomic E-state index is 0.0381. The lowest BCUT2D eigenvalue weighted by Crippen LogP contribution is -2.24. The minimum atomic E-state index is -0.297. The lowest BCUT2D eigenvalue weighted by molar-refractivity contribution is 0.266. The van der Waals surface area contributed by atoms with Gasteiger partial charge in [-0.15, -0.1) is 0 Å². The summed E-state index contributed by atoms with van der Waals surface area (Å²) < 4.78 is 24.4. The van der Waals surface area contributed by atoms with Crippen LogP contribution < -0.4 is 14.8 Å². The first-order chi connectivity index (χ1) is 10.2. The maximum absolute atomic E-state index is 13.3. The zero-order chi connectivity index (χ0) is 15.2. The van der Waals surface area contributed by atoms with Gasteiger partial charge in [0.1, 0.15) is 23.9 Å². The summed E-state index contributed by atoms with van der Waals surface area (Å²) in [6.45, 7) is 2.29. The normalized spacial score (nSPS) is 12.0. The molecule has 0 fully saturated rings. The van der Waals surface area contributed by atoms with Crippen LogP contribution in [0.3, 0.4) is 0 Å². The molecule has 0 spiro atoms. The highest BCUT2D eigenvalue weighted by atomic mass is 19.1. The third-order valence-electron chi connectivity index (χ3n) is 3.42. The molecule has 1 unspecified atom stereocenters. The van der Waals surface area contributed by atoms with Crippen LogP contribution in [-0.4, -0.2) is 20.8 Å². The molecule has 4 heteroatoms. The van der Waals surface area contributed by atoms with Gasteiger partial charge in [-0.2, -0.15) is 0 Å². The lowest BCUT2D eigenvalue weighted by atomic mass is 10.1. The molecule has 2 rings (SSSR count). The van der Waals surface area contributed by atoms with Gasteiger partial charge in [0.2, 0.25) is 0 Å². The van der Waals surface area contributed by atoms with E-state index in [1.165, 1.54) is 12.1 Å². The molecular formula is C17H20FNO2. The zero-order valence-corrected chi connectivity index (χ0v) is 12.5. The molecule has 0 amide bonds. The Morgan fingerprint density at radius 2 is 1.90 bits per heavy atom. The Morgan fingerprint density at radius 3 is 2.62 bits per heavy atom. The molecule has 0 heterocycles. The molecule has 112 valence electrons. The number of hydrogen-bond acceptors (Lipinski definition) is 3. The third-order valence-corrected chi connectivity index (χ3v) is 3.42. The number of para-hydroxylation sites is 1. The molecule has 0 saturated carbocycles. The van der Waals surface area contributed by atoms with Crippen molar-refractivity contribution in [2.24, 2.45) is 0 Å². The molecule has 21 heavy (non-hydrogen) atoms. The van der Waals surface area contributed by atoms with Crippen LogP contribution in [0, 0.1) is 12.7 Å². The van der Waals surface area contributed by atoms with Crippen LogP contribution in [0.1, 0.15) is 17.2 Å². The summed E-state index contributed by atoms with van der Waals surface area (Å²) >= 11 is 0. The SMILES string of the molecule is CNC(COc1cc(F)ccc1C)c1ccccc1OC. The van der Waals surface area contributed by atoms with Crippen molar-refractivity contribution in [3.05, 3.63) is 59.4 Å². The van der Waals surface area contributed by atoms with Crippen molar-refractivity contribution in [3.63, 3.8) is 0 Å². The van der Waals surface area contributed by atoms with Crippen molar-refractivity contribution in [1.82, 2.24) is 5.32 Å². The molecule has 0 bridgehead atoms. The number of hydrogen-bond donors (Lipinski definition) is 1. The summed E-state index contributed by atoms with van der Waals surface area (Å²) in [5.74, 6) is 1.07. The Morgan fingerprint density at radius 1 is 1.14 bits per heavy atom. The number of rotatable bonds is 6. The number of likely N-dealkylation sites (N-methyl/N-ethyl adjacent to an activating group) is 1. The largest absolute Gasteiger partial charge is 0.496 e. The van der Waals surface area contributed by atoms with Crippen molar-refractivity contribution in [2.75, 3.05) is 20.8 Å². The number of nitrogens with one attached hydrogen (secondary N) is 1. The summed E-state index contributed by atoms with van der Waals surface area (Å²) in [4.78, 5) is 0. The second-order valence-corrected chi connectivity index (χ2v) is 4.80. The van der Waals surface area contributed by atoms with Gasteiger partial charge in [-0.1, -0.05) is 24.3 Å². The van der Waals surface area contributed by atoms with E-state index in [9.17, 15) is 4.39 Å². The van der Waals surface area contributed by atoms with Crippen molar-refractivity contribution in [3.8, 4) is 11.5 Å². The molecule has 0 aliphatic heterocycles. The number of benzene rings is 2. The molecule has 0 aliphatic rings. The van der Waals surface area contributed by atoms with Crippen LogP contribution in [-0.2, 0) is 0 Å². The second kappa shape index (κ2) is 7.09. The summed E-state index contributed by atoms with van der Waals surface area (Å²) in [5, 5.41) is 3.20. The number of aryl methyl sites for hydroxylation is 1. The summed E-state index contributed by atoms with van der Waals surface area (Å²) in [7, 11) is 3.50. The predicted molar refractivity (Wildman–Crippen MR) is 81.4 cm³/mol. The van der Waals surface area contributed by atoms with Crippen LogP contribution in [0.4, 0.5) is 4.39 Å². The maximum Gasteiger partial charge on any atom is 0.126 e. The molecule has 3 nitrogen and oxygen atoms in total. The molecule has 1 atom stereocenters. The van der Waals surface area contributed by atoms with Crippen LogP contribution in [0.5, 0.6) is 11.5 Å². The van der Waals surface area contributed by atoms with E-state index in [-0.39, 0.29) is 11.9 Å². The Kier molecular flexibility index (Phi) is 5.17. The van der Waals surface area contributed by atoms with Crippen molar-refractivity contribution in [1.29, 1.82) is 0 Å². The third kappa shape index (κ3) is 3.73. The van der Waals surface area contributed by atoms with Gasteiger partial charge in [-0.25, -0.2) is 4.39 Å². The summed E-state index contributed by atoms with van der Waals surface area (Å²) in [5.41, 5.74) is 1.92. The fourth-order valence-electron chi connectivity index (χ4n) is 2.19. The Balaban J connectivity index is 2.14. The number of ether oxygens (including phenoxy) is 2. The van der Waals surface area contributed by atoms with E-state index in [4.69, 9.17) is 9.47 Å². The fourth-order valence-corrected chi connectivity index (χ4v) is 2.19. The summed E-state index contributed by atoms with van der Waals surface area (Å²) in [6.07, 6.45) is 0. The molecular weight excluding hydrogens is 269 g/mol. The topological polar surface area (TPSA) is 30.5 Å². The molecule has 0 aliphatic carbocycles. The van der Waals surface area contributed by atoms with Crippen LogP contribution in [0.15, 0.2) is 42.5 Å². The molecule has 2 aromatic carbocycles. The van der Waals surface area contributed by atoms with E-state index in [1.807, 2.05) is 38.2 Å². The average molecular weight is 289 g/mol. The molecule has 0 aromatic heterocycles. The first-order valence-corrected chi connectivity index (χ1v) is 6.85. The first kappa shape index (κ1) is 15.3. The highest BCUT2D eigenvalue weighted by Crippen LogP contribution is 2.26. The minimum Gasteiger partial charge on any atom is -0.496 e. The van der Waals surface area contributed by atoms with Gasteiger partial charge in [-0.05, 0) is 31.7 Å². The average Bonchev–Trinajstić information content (AvgIpc) is 2.51. The van der Waals surface area contributed by atoms with E-state index in [0.717, 1.165) is 16.9 Å². The van der Waals surface area contributed by atoms with Crippen LogP contribution in [0.2, 0.25) is 0 Å². The van der Waals surface area contributed by atoms with Gasteiger partial charge in [0.25, 0.3) is 0 Å². The smallest absolute Gasteiger partial charge is 0.126 e. The van der Waals surface area contributed by atoms with Crippen LogP contribution in [0.25, 0.3) is 0 Å². The van der Waals surface area contributed by atoms with Crippen molar-refractivity contribution >= 4 is 0 Å². The highest BCUT2D eigenvalue weighted by molar-refractivity contribution is 5.37. The first-order valence-electron chi connectivity index (χ1n) is 6.85. The van der Waals surface area contributed by atoms with E-state index in [2.05, 4.69) is 5.32 Å². The zero-order valence-electron chi connectivity index (χ0n) is 12.5. The van der Waals surface area contributed by atoms with Crippen molar-refractivity contribution in [2.45, 2.75) is 13.0 Å². The van der Waals surface area contributed by atoms with Gasteiger partial charge in [-0.3, -0.25) is 0 Å². The van der Waals surface area contributed by atoms with E-state index in [0.29, 0.717) is 12.4 Å². The molecule has 2 aromatic rings. The Labute approximate surface area is 124 Å². The van der Waals surface area contributed by atoms with E-state index in [1.54, 1.807) is 13.2 Å². The van der Waals surface area contributed by atoms with Gasteiger partial charge in [0, 0.05) is 11.6 Å². The van der Waals surface area contributed by atoms with Crippen molar-refractivity contribution < 1.29 is 13.9 Å². The lowest BCUT2D eigenvalue weighted by Gasteiger charge is -2.20. The Hall–Kier alpha value is -2.07. The second-order valence-electron chi connectivity index (χ2n) is 4.80. The molecule has 0 saturated heterocycles. The van der Waals surface area contributed by atoms with Gasteiger partial charge < -0.3 is 14.8 Å². The maximum atomic E-state index is 13.3. The number of halogens is 1. The monoisotopic (exact) mass is 289 g/mol. The Bertz CT molecular complexity index is 601. The molecule has 0 radical (unpaired) electrons. The van der Waals surface area contributed by atoms with Gasteiger partial charge >= 0.3 is 0 Å². The van der Waals surface area contributed by atoms with Crippen LogP contribution >= 0.6 is 0 Å². The van der Waals surface area contributed by atoms with E-state index < -0.39 is 0 Å². The fraction of sp³-hybridized carbons (Fsp3) is 0.294. The quantitative estimate of drug-likeness (QED) is 0.883. The summed E-state index contributed by atoms with van der Waals surface area (Å²) in [6, 6.07) is 12.3. The molecule has 1 N–H and O–H groups in total. The predicted octanol–water partition coefficient (Wildman–Crippen LogP) is 3.48. The van der Waals surface area contributed by atoms with E-state index >= 15 is 0 Å². The van der Waals surface area contributed by atoms with Gasteiger partial charge in [0.05, 0.1) is 13.2 Å². The standard InChI is InChI=1S/C17H20FNO2/c1-12-8-9-13(18)10-17(12)21-11-15(19-2)14-6-4-5-7-16(14)20-3/h4-10,15,19H,11H2,1-3H3. The number of methoxy groups -OCH3 is 1. The highest BCUT2D eigenvalue weighted by Gasteiger charge is 2.15.